The zero-order valence-corrected chi connectivity index (χ0v) is 11.7. The molecule has 0 aliphatic heterocycles. The molecule has 3 heteroatoms. The van der Waals surface area contributed by atoms with Gasteiger partial charge in [-0.25, -0.2) is 0 Å². The van der Waals surface area contributed by atoms with Crippen LogP contribution in [-0.2, 0) is 0 Å². The SMILES string of the molecule is CCC(C)CCCCC(CO)(CO)C(C)CO. The van der Waals surface area contributed by atoms with Crippen molar-refractivity contribution in [2.45, 2.75) is 52.9 Å². The molecule has 0 radical (unpaired) electrons. The van der Waals surface area contributed by atoms with E-state index in [0.717, 1.165) is 25.2 Å². The first-order valence-corrected chi connectivity index (χ1v) is 6.88. The molecule has 3 N–H and O–H groups in total. The second-order valence-corrected chi connectivity index (χ2v) is 5.52. The Morgan fingerprint density at radius 3 is 2.00 bits per heavy atom. The van der Waals surface area contributed by atoms with E-state index < -0.39 is 5.41 Å². The van der Waals surface area contributed by atoms with Crippen molar-refractivity contribution in [1.29, 1.82) is 0 Å². The molecule has 0 saturated carbocycles. The van der Waals surface area contributed by atoms with Crippen LogP contribution in [0.15, 0.2) is 0 Å². The summed E-state index contributed by atoms with van der Waals surface area (Å²) in [5.41, 5.74) is -0.510. The van der Waals surface area contributed by atoms with Crippen molar-refractivity contribution in [2.24, 2.45) is 17.3 Å². The molecule has 0 spiro atoms. The van der Waals surface area contributed by atoms with Gasteiger partial charge in [0.25, 0.3) is 0 Å². The maximum Gasteiger partial charge on any atom is 0.0512 e. The molecular weight excluding hydrogens is 216 g/mol. The van der Waals surface area contributed by atoms with Crippen LogP contribution in [0.4, 0.5) is 0 Å². The summed E-state index contributed by atoms with van der Waals surface area (Å²) in [5, 5.41) is 28.1. The Kier molecular flexibility index (Phi) is 8.83. The van der Waals surface area contributed by atoms with Gasteiger partial charge < -0.3 is 15.3 Å². The summed E-state index contributed by atoms with van der Waals surface area (Å²) in [6, 6.07) is 0. The van der Waals surface area contributed by atoms with E-state index in [4.69, 9.17) is 0 Å². The Morgan fingerprint density at radius 2 is 1.59 bits per heavy atom. The number of hydrogen-bond donors (Lipinski definition) is 3. The maximum absolute atomic E-state index is 9.46. The topological polar surface area (TPSA) is 60.7 Å². The van der Waals surface area contributed by atoms with Crippen molar-refractivity contribution in [3.8, 4) is 0 Å². The lowest BCUT2D eigenvalue weighted by molar-refractivity contribution is -0.0190. The van der Waals surface area contributed by atoms with Crippen LogP contribution in [0.5, 0.6) is 0 Å². The predicted octanol–water partition coefficient (Wildman–Crippen LogP) is 2.19. The molecule has 0 heterocycles. The van der Waals surface area contributed by atoms with Gasteiger partial charge in [-0.1, -0.05) is 46.5 Å². The van der Waals surface area contributed by atoms with Crippen LogP contribution in [-0.4, -0.2) is 35.1 Å². The van der Waals surface area contributed by atoms with Crippen molar-refractivity contribution in [3.05, 3.63) is 0 Å². The average Bonchev–Trinajstić information content (AvgIpc) is 2.38. The highest BCUT2D eigenvalue weighted by molar-refractivity contribution is 4.83. The lowest BCUT2D eigenvalue weighted by Gasteiger charge is -2.35. The molecule has 2 unspecified atom stereocenters. The summed E-state index contributed by atoms with van der Waals surface area (Å²) in [7, 11) is 0. The summed E-state index contributed by atoms with van der Waals surface area (Å²) in [4.78, 5) is 0. The van der Waals surface area contributed by atoms with E-state index in [1.807, 2.05) is 6.92 Å². The number of rotatable bonds is 10. The molecule has 0 aromatic carbocycles. The van der Waals surface area contributed by atoms with Crippen molar-refractivity contribution in [2.75, 3.05) is 19.8 Å². The van der Waals surface area contributed by atoms with Crippen LogP contribution in [0.3, 0.4) is 0 Å². The normalized spacial score (nSPS) is 15.9. The monoisotopic (exact) mass is 246 g/mol. The van der Waals surface area contributed by atoms with Gasteiger partial charge in [-0.05, 0) is 18.3 Å². The van der Waals surface area contributed by atoms with Gasteiger partial charge in [0.2, 0.25) is 0 Å². The Balaban J connectivity index is 4.09. The van der Waals surface area contributed by atoms with Crippen molar-refractivity contribution >= 4 is 0 Å². The van der Waals surface area contributed by atoms with E-state index in [0.29, 0.717) is 0 Å². The number of hydrogen-bond acceptors (Lipinski definition) is 3. The molecule has 0 bridgehead atoms. The van der Waals surface area contributed by atoms with E-state index in [2.05, 4.69) is 13.8 Å². The zero-order chi connectivity index (χ0) is 13.3. The Bertz CT molecular complexity index is 178. The van der Waals surface area contributed by atoms with Crippen molar-refractivity contribution in [3.63, 3.8) is 0 Å². The quantitative estimate of drug-likeness (QED) is 0.518. The highest BCUT2D eigenvalue weighted by atomic mass is 16.3. The molecule has 0 amide bonds. The molecule has 0 fully saturated rings. The van der Waals surface area contributed by atoms with E-state index in [9.17, 15) is 15.3 Å². The fraction of sp³-hybridized carbons (Fsp3) is 1.00. The van der Waals surface area contributed by atoms with E-state index in [1.54, 1.807) is 0 Å². The van der Waals surface area contributed by atoms with Crippen LogP contribution < -0.4 is 0 Å². The largest absolute Gasteiger partial charge is 0.396 e. The second-order valence-electron chi connectivity index (χ2n) is 5.52. The Labute approximate surface area is 106 Å². The van der Waals surface area contributed by atoms with E-state index in [1.165, 1.54) is 12.8 Å². The minimum absolute atomic E-state index is 0.0203. The molecule has 0 aromatic rings. The number of unbranched alkanes of at least 4 members (excludes halogenated alkanes) is 1. The predicted molar refractivity (Wildman–Crippen MR) is 70.8 cm³/mol. The lowest BCUT2D eigenvalue weighted by atomic mass is 9.74. The fourth-order valence-corrected chi connectivity index (χ4v) is 2.13. The van der Waals surface area contributed by atoms with Crippen LogP contribution in [0, 0.1) is 17.3 Å². The lowest BCUT2D eigenvalue weighted by Crippen LogP contribution is -2.38. The first-order chi connectivity index (χ1) is 8.06. The summed E-state index contributed by atoms with van der Waals surface area (Å²) >= 11 is 0. The first-order valence-electron chi connectivity index (χ1n) is 6.88. The van der Waals surface area contributed by atoms with Gasteiger partial charge in [-0.2, -0.15) is 0 Å². The minimum atomic E-state index is -0.510. The maximum atomic E-state index is 9.46. The fourth-order valence-electron chi connectivity index (χ4n) is 2.13. The molecule has 3 nitrogen and oxygen atoms in total. The van der Waals surface area contributed by atoms with E-state index in [-0.39, 0.29) is 25.7 Å². The smallest absolute Gasteiger partial charge is 0.0512 e. The van der Waals surface area contributed by atoms with Gasteiger partial charge in [0.1, 0.15) is 0 Å². The molecule has 104 valence electrons. The van der Waals surface area contributed by atoms with Gasteiger partial charge in [0.05, 0.1) is 13.2 Å². The van der Waals surface area contributed by atoms with Crippen LogP contribution >= 0.6 is 0 Å². The molecule has 17 heavy (non-hydrogen) atoms. The van der Waals surface area contributed by atoms with Crippen LogP contribution in [0.1, 0.15) is 52.9 Å². The van der Waals surface area contributed by atoms with Gasteiger partial charge in [-0.15, -0.1) is 0 Å². The number of aliphatic hydroxyl groups excluding tert-OH is 3. The Morgan fingerprint density at radius 1 is 1.00 bits per heavy atom. The second kappa shape index (κ2) is 8.90. The van der Waals surface area contributed by atoms with Gasteiger partial charge in [0, 0.05) is 12.0 Å². The third-order valence-corrected chi connectivity index (χ3v) is 4.27. The zero-order valence-electron chi connectivity index (χ0n) is 11.7. The molecule has 0 aliphatic rings. The molecule has 2 atom stereocenters. The van der Waals surface area contributed by atoms with Gasteiger partial charge in [0.15, 0.2) is 0 Å². The standard InChI is InChI=1S/C14H30O3/c1-4-12(2)7-5-6-8-14(10-16,11-17)13(3)9-15/h12-13,15-17H,4-11H2,1-3H3. The number of aliphatic hydroxyl groups is 3. The summed E-state index contributed by atoms with van der Waals surface area (Å²) in [6.07, 6.45) is 5.35. The average molecular weight is 246 g/mol. The van der Waals surface area contributed by atoms with Crippen molar-refractivity contribution in [1.82, 2.24) is 0 Å². The molecular formula is C14H30O3. The molecule has 0 aromatic heterocycles. The highest BCUT2D eigenvalue weighted by Gasteiger charge is 2.34. The van der Waals surface area contributed by atoms with Gasteiger partial charge >= 0.3 is 0 Å². The summed E-state index contributed by atoms with van der Waals surface area (Å²) in [6.45, 7) is 6.27. The molecule has 0 rings (SSSR count). The highest BCUT2D eigenvalue weighted by Crippen LogP contribution is 2.33. The van der Waals surface area contributed by atoms with Crippen LogP contribution in [0.2, 0.25) is 0 Å². The first kappa shape index (κ1) is 16.9. The summed E-state index contributed by atoms with van der Waals surface area (Å²) in [5.74, 6) is 0.698. The third-order valence-electron chi connectivity index (χ3n) is 4.27. The van der Waals surface area contributed by atoms with Gasteiger partial charge in [-0.3, -0.25) is 0 Å². The minimum Gasteiger partial charge on any atom is -0.396 e. The molecule has 0 aliphatic carbocycles. The van der Waals surface area contributed by atoms with Crippen molar-refractivity contribution < 1.29 is 15.3 Å². The molecule has 0 saturated heterocycles. The third kappa shape index (κ3) is 5.36. The summed E-state index contributed by atoms with van der Waals surface area (Å²) < 4.78 is 0. The van der Waals surface area contributed by atoms with Crippen LogP contribution in [0.25, 0.3) is 0 Å². The van der Waals surface area contributed by atoms with E-state index >= 15 is 0 Å². The Hall–Kier alpha value is -0.120.